The smallest absolute Gasteiger partial charge is 0.0934 e. The van der Waals surface area contributed by atoms with Crippen LogP contribution in [0.3, 0.4) is 0 Å². The van der Waals surface area contributed by atoms with Crippen LogP contribution in [0.5, 0.6) is 0 Å². The summed E-state index contributed by atoms with van der Waals surface area (Å²) in [6.07, 6.45) is 4.69. The number of rotatable bonds is 8. The maximum Gasteiger partial charge on any atom is 0.0934 e. The van der Waals surface area contributed by atoms with Gasteiger partial charge in [0.15, 0.2) is 0 Å². The van der Waals surface area contributed by atoms with Crippen molar-refractivity contribution < 1.29 is 9.47 Å². The van der Waals surface area contributed by atoms with Gasteiger partial charge in [-0.3, -0.25) is 0 Å². The minimum Gasteiger partial charge on any atom is -0.372 e. The second-order valence-corrected chi connectivity index (χ2v) is 3.80. The molecule has 16 heavy (non-hydrogen) atoms. The quantitative estimate of drug-likeness (QED) is 0.355. The molecule has 4 heteroatoms. The first-order valence-corrected chi connectivity index (χ1v) is 5.73. The number of hydrogen-bond acceptors (Lipinski definition) is 4. The highest BCUT2D eigenvalue weighted by Gasteiger charge is 2.21. The van der Waals surface area contributed by atoms with Crippen LogP contribution in [0.2, 0.25) is 0 Å². The maximum atomic E-state index is 4.96. The van der Waals surface area contributed by atoms with E-state index in [0.717, 1.165) is 39.4 Å². The van der Waals surface area contributed by atoms with Gasteiger partial charge in [0.05, 0.1) is 25.4 Å². The van der Waals surface area contributed by atoms with Gasteiger partial charge in [-0.2, -0.15) is 0 Å². The molecule has 2 heterocycles. The molecule has 0 radical (unpaired) electrons. The van der Waals surface area contributed by atoms with E-state index >= 15 is 0 Å². The zero-order valence-corrected chi connectivity index (χ0v) is 9.78. The highest BCUT2D eigenvalue weighted by molar-refractivity contribution is 4.76. The Hall–Kier alpha value is -0.680. The molecule has 2 saturated heterocycles. The molecule has 2 unspecified atom stereocenters. The van der Waals surface area contributed by atoms with Crippen molar-refractivity contribution in [1.82, 2.24) is 10.6 Å². The van der Waals surface area contributed by atoms with Crippen LogP contribution in [-0.2, 0) is 9.47 Å². The van der Waals surface area contributed by atoms with Crippen molar-refractivity contribution in [1.29, 1.82) is 0 Å². The van der Waals surface area contributed by atoms with Crippen LogP contribution in [0, 0.1) is 0 Å². The van der Waals surface area contributed by atoms with E-state index in [9.17, 15) is 0 Å². The lowest BCUT2D eigenvalue weighted by molar-refractivity contribution is 0.400. The Morgan fingerprint density at radius 3 is 1.56 bits per heavy atom. The van der Waals surface area contributed by atoms with E-state index in [0.29, 0.717) is 12.2 Å². The summed E-state index contributed by atoms with van der Waals surface area (Å²) in [4.78, 5) is 0. The van der Waals surface area contributed by atoms with Crippen LogP contribution >= 0.6 is 0 Å². The predicted molar refractivity (Wildman–Crippen MR) is 65.6 cm³/mol. The van der Waals surface area contributed by atoms with Gasteiger partial charge < -0.3 is 20.1 Å². The molecule has 2 rings (SSSR count). The summed E-state index contributed by atoms with van der Waals surface area (Å²) in [6, 6.07) is 0. The van der Waals surface area contributed by atoms with Gasteiger partial charge in [0.2, 0.25) is 0 Å². The molecule has 2 fully saturated rings. The van der Waals surface area contributed by atoms with Crippen LogP contribution in [0.25, 0.3) is 0 Å². The molecule has 0 aliphatic carbocycles. The standard InChI is InChI=1S/2C6H11NO/c2*1-2-3-7-4-6-5-8-6/h2*2,6-7H,1,3-5H2. The zero-order chi connectivity index (χ0) is 11.6. The van der Waals surface area contributed by atoms with E-state index in [-0.39, 0.29) is 0 Å². The highest BCUT2D eigenvalue weighted by atomic mass is 16.6. The van der Waals surface area contributed by atoms with E-state index in [4.69, 9.17) is 9.47 Å². The Morgan fingerprint density at radius 2 is 1.31 bits per heavy atom. The Morgan fingerprint density at radius 1 is 0.938 bits per heavy atom. The first kappa shape index (κ1) is 13.4. The number of epoxide rings is 2. The molecule has 2 aliphatic heterocycles. The second kappa shape index (κ2) is 8.47. The summed E-state index contributed by atoms with van der Waals surface area (Å²) in [5.41, 5.74) is 0. The normalized spacial score (nSPS) is 25.2. The molecule has 2 atom stereocenters. The van der Waals surface area contributed by atoms with Crippen LogP contribution in [0.15, 0.2) is 25.3 Å². The number of ether oxygens (including phenoxy) is 2. The third-order valence-electron chi connectivity index (χ3n) is 2.13. The molecule has 0 aromatic heterocycles. The van der Waals surface area contributed by atoms with E-state index in [1.807, 2.05) is 12.2 Å². The van der Waals surface area contributed by atoms with Crippen LogP contribution in [0.1, 0.15) is 0 Å². The van der Waals surface area contributed by atoms with Crippen molar-refractivity contribution in [2.75, 3.05) is 39.4 Å². The minimum absolute atomic E-state index is 0.495. The fourth-order valence-corrected chi connectivity index (χ4v) is 1.06. The third kappa shape index (κ3) is 8.61. The summed E-state index contributed by atoms with van der Waals surface area (Å²) in [6.45, 7) is 12.8. The van der Waals surface area contributed by atoms with Crippen molar-refractivity contribution >= 4 is 0 Å². The van der Waals surface area contributed by atoms with Gasteiger partial charge in [0.25, 0.3) is 0 Å². The van der Waals surface area contributed by atoms with E-state index < -0.39 is 0 Å². The molecule has 0 saturated carbocycles. The Bertz CT molecular complexity index is 179. The first-order valence-electron chi connectivity index (χ1n) is 5.73. The van der Waals surface area contributed by atoms with Gasteiger partial charge in [0.1, 0.15) is 0 Å². The van der Waals surface area contributed by atoms with E-state index in [1.54, 1.807) is 0 Å². The molecule has 0 spiro atoms. The van der Waals surface area contributed by atoms with Crippen molar-refractivity contribution in [2.45, 2.75) is 12.2 Å². The topological polar surface area (TPSA) is 49.1 Å². The number of hydrogen-bond donors (Lipinski definition) is 2. The lowest BCUT2D eigenvalue weighted by Gasteiger charge is -1.93. The van der Waals surface area contributed by atoms with Crippen molar-refractivity contribution in [2.24, 2.45) is 0 Å². The molecular formula is C12H22N2O2. The average molecular weight is 226 g/mol. The SMILES string of the molecule is C=CCNCC1CO1.C=CCNCC1CO1. The van der Waals surface area contributed by atoms with Crippen molar-refractivity contribution in [3.05, 3.63) is 25.3 Å². The molecule has 2 N–H and O–H groups in total. The van der Waals surface area contributed by atoms with Crippen molar-refractivity contribution in [3.8, 4) is 0 Å². The Balaban J connectivity index is 0.000000160. The van der Waals surface area contributed by atoms with Gasteiger partial charge >= 0.3 is 0 Å². The fourth-order valence-electron chi connectivity index (χ4n) is 1.06. The summed E-state index contributed by atoms with van der Waals surface area (Å²) in [5, 5.41) is 6.31. The zero-order valence-electron chi connectivity index (χ0n) is 9.78. The lowest BCUT2D eigenvalue weighted by atomic mass is 10.4. The molecule has 0 bridgehead atoms. The summed E-state index contributed by atoms with van der Waals surface area (Å²) < 4.78 is 9.92. The molecule has 0 aromatic carbocycles. The van der Waals surface area contributed by atoms with Crippen LogP contribution < -0.4 is 10.6 Å². The van der Waals surface area contributed by atoms with Gasteiger partial charge in [-0.05, 0) is 0 Å². The first-order chi connectivity index (χ1) is 7.86. The van der Waals surface area contributed by atoms with Gasteiger partial charge in [0, 0.05) is 26.2 Å². The highest BCUT2D eigenvalue weighted by Crippen LogP contribution is 2.05. The van der Waals surface area contributed by atoms with Crippen LogP contribution in [0.4, 0.5) is 0 Å². The monoisotopic (exact) mass is 226 g/mol. The summed E-state index contributed by atoms with van der Waals surface area (Å²) >= 11 is 0. The van der Waals surface area contributed by atoms with E-state index in [2.05, 4.69) is 23.8 Å². The largest absolute Gasteiger partial charge is 0.372 e. The predicted octanol–water partition coefficient (Wildman–Crippen LogP) is 0.322. The molecular weight excluding hydrogens is 204 g/mol. The number of nitrogens with one attached hydrogen (secondary N) is 2. The summed E-state index contributed by atoms with van der Waals surface area (Å²) in [7, 11) is 0. The van der Waals surface area contributed by atoms with Gasteiger partial charge in [-0.25, -0.2) is 0 Å². The van der Waals surface area contributed by atoms with Gasteiger partial charge in [-0.15, -0.1) is 13.2 Å². The van der Waals surface area contributed by atoms with Crippen LogP contribution in [-0.4, -0.2) is 51.6 Å². The summed E-state index contributed by atoms with van der Waals surface area (Å²) in [5.74, 6) is 0. The lowest BCUT2D eigenvalue weighted by Crippen LogP contribution is -2.19. The van der Waals surface area contributed by atoms with Crippen molar-refractivity contribution in [3.63, 3.8) is 0 Å². The minimum atomic E-state index is 0.495. The van der Waals surface area contributed by atoms with Gasteiger partial charge in [-0.1, -0.05) is 12.2 Å². The Kier molecular flexibility index (Phi) is 7.09. The molecule has 0 amide bonds. The van der Waals surface area contributed by atoms with E-state index in [1.165, 1.54) is 0 Å². The Labute approximate surface area is 97.7 Å². The molecule has 4 nitrogen and oxygen atoms in total. The fraction of sp³-hybridized carbons (Fsp3) is 0.667. The third-order valence-corrected chi connectivity index (χ3v) is 2.13. The molecule has 0 aromatic rings. The molecule has 92 valence electrons. The maximum absolute atomic E-state index is 4.96. The molecule has 2 aliphatic rings. The average Bonchev–Trinajstić information content (AvgIpc) is 3.15. The second-order valence-electron chi connectivity index (χ2n) is 3.80.